The van der Waals surface area contributed by atoms with Crippen LogP contribution < -0.4 is 0 Å². The minimum absolute atomic E-state index is 0.214. The molecule has 0 aromatic rings. The monoisotopic (exact) mass is 422 g/mol. The number of rotatable bonds is 6. The molecule has 3 nitrogen and oxygen atoms in total. The lowest BCUT2D eigenvalue weighted by atomic mass is 9.60. The molecule has 0 amide bonds. The van der Waals surface area contributed by atoms with Crippen LogP contribution in [0.2, 0.25) is 0 Å². The first-order valence-corrected chi connectivity index (χ1v) is 12.2. The van der Waals surface area contributed by atoms with Gasteiger partial charge in [0.2, 0.25) is 0 Å². The van der Waals surface area contributed by atoms with Crippen LogP contribution in [0.4, 0.5) is 4.39 Å². The fraction of sp³-hybridized carbons (Fsp3) is 0.846. The second-order valence-electron chi connectivity index (χ2n) is 11.4. The molecule has 0 radical (unpaired) electrons. The van der Waals surface area contributed by atoms with E-state index in [0.29, 0.717) is 42.6 Å². The Morgan fingerprint density at radius 3 is 2.53 bits per heavy atom. The van der Waals surface area contributed by atoms with Crippen LogP contribution in [0, 0.1) is 23.2 Å². The highest BCUT2D eigenvalue weighted by molar-refractivity contribution is 5.30. The van der Waals surface area contributed by atoms with E-state index in [9.17, 15) is 15.3 Å². The predicted molar refractivity (Wildman–Crippen MR) is 120 cm³/mol. The summed E-state index contributed by atoms with van der Waals surface area (Å²) in [4.78, 5) is 0. The molecule has 3 rings (SSSR count). The van der Waals surface area contributed by atoms with Crippen LogP contribution in [0.25, 0.3) is 0 Å². The molecule has 0 aromatic carbocycles. The number of fused-ring (bicyclic) bond motifs is 1. The Kier molecular flexibility index (Phi) is 7.52. The minimum atomic E-state index is -0.634. The maximum absolute atomic E-state index is 15.1. The number of aliphatic hydroxyl groups is 3. The van der Waals surface area contributed by atoms with Gasteiger partial charge in [0.25, 0.3) is 0 Å². The number of aliphatic hydroxyl groups excluding tert-OH is 2. The molecule has 3 fully saturated rings. The van der Waals surface area contributed by atoms with Crippen molar-refractivity contribution in [3.05, 3.63) is 23.0 Å². The Balaban J connectivity index is 1.71. The molecule has 0 aliphatic heterocycles. The quantitative estimate of drug-likeness (QED) is 0.504. The maximum atomic E-state index is 15.1. The fourth-order valence-corrected chi connectivity index (χ4v) is 6.84. The lowest BCUT2D eigenvalue weighted by Crippen LogP contribution is -2.36. The zero-order valence-corrected chi connectivity index (χ0v) is 19.5. The summed E-state index contributed by atoms with van der Waals surface area (Å²) < 4.78 is 15.1. The standard InChI is InChI=1S/C26H43FO3/c1-17(7-5-11-25(2,3)30)22-9-10-23-18(8-6-12-26(22,23)4)15-24(27)19-13-20(28)16-21(29)14-19/h15,17,20-23,28-30H,5-14,16H2,1-4H3/b18-15+/t17-,20-,21-,22-,23+,26-/m1/s1. The van der Waals surface area contributed by atoms with Crippen molar-refractivity contribution < 1.29 is 19.7 Å². The minimum Gasteiger partial charge on any atom is -0.393 e. The average Bonchev–Trinajstić information content (AvgIpc) is 2.97. The van der Waals surface area contributed by atoms with Gasteiger partial charge in [-0.3, -0.25) is 0 Å². The third-order valence-corrected chi connectivity index (χ3v) is 8.33. The SMILES string of the molecule is C[C@H](CCCC(C)(C)O)[C@H]1CC[C@H]2/C(=C/C(F)=C3C[C@@H](O)C[C@H](O)C3)CCC[C@]12C. The van der Waals surface area contributed by atoms with E-state index in [1.54, 1.807) is 6.08 Å². The molecule has 6 atom stereocenters. The molecule has 0 spiro atoms. The van der Waals surface area contributed by atoms with Gasteiger partial charge in [-0.2, -0.15) is 0 Å². The van der Waals surface area contributed by atoms with Gasteiger partial charge in [-0.05, 0) is 106 Å². The van der Waals surface area contributed by atoms with Crippen molar-refractivity contribution in [3.8, 4) is 0 Å². The summed E-state index contributed by atoms with van der Waals surface area (Å²) in [5.41, 5.74) is 1.47. The van der Waals surface area contributed by atoms with Crippen LogP contribution in [0.3, 0.4) is 0 Å². The van der Waals surface area contributed by atoms with Crippen molar-refractivity contribution in [2.45, 2.75) is 116 Å². The Labute approximate surface area is 182 Å². The largest absolute Gasteiger partial charge is 0.393 e. The third kappa shape index (κ3) is 5.55. The highest BCUT2D eigenvalue weighted by atomic mass is 19.1. The molecule has 0 unspecified atom stereocenters. The van der Waals surface area contributed by atoms with Crippen molar-refractivity contribution >= 4 is 0 Å². The van der Waals surface area contributed by atoms with Gasteiger partial charge in [-0.15, -0.1) is 0 Å². The Morgan fingerprint density at radius 1 is 1.23 bits per heavy atom. The highest BCUT2D eigenvalue weighted by Gasteiger charge is 2.50. The van der Waals surface area contributed by atoms with Crippen LogP contribution in [0.15, 0.2) is 23.0 Å². The van der Waals surface area contributed by atoms with Gasteiger partial charge in [0, 0.05) is 0 Å². The number of allylic oxidation sites excluding steroid dienone is 3. The first kappa shape index (κ1) is 23.9. The molecule has 3 aliphatic carbocycles. The molecule has 3 N–H and O–H groups in total. The summed E-state index contributed by atoms with van der Waals surface area (Å²) >= 11 is 0. The maximum Gasteiger partial charge on any atom is 0.122 e. The molecule has 3 saturated carbocycles. The van der Waals surface area contributed by atoms with Gasteiger partial charge in [-0.1, -0.05) is 32.3 Å². The molecule has 0 aromatic heterocycles. The zero-order chi connectivity index (χ0) is 22.1. The zero-order valence-electron chi connectivity index (χ0n) is 19.5. The molecule has 30 heavy (non-hydrogen) atoms. The van der Waals surface area contributed by atoms with Gasteiger partial charge < -0.3 is 15.3 Å². The Morgan fingerprint density at radius 2 is 1.90 bits per heavy atom. The summed E-state index contributed by atoms with van der Waals surface area (Å²) in [5, 5.41) is 29.8. The van der Waals surface area contributed by atoms with Gasteiger partial charge in [0.1, 0.15) is 5.83 Å². The molecule has 0 saturated heterocycles. The Bertz CT molecular complexity index is 650. The molecule has 0 heterocycles. The Hall–Kier alpha value is -0.710. The van der Waals surface area contributed by atoms with Crippen molar-refractivity contribution in [1.29, 1.82) is 0 Å². The van der Waals surface area contributed by atoms with Crippen molar-refractivity contribution in [2.75, 3.05) is 0 Å². The number of hydrogen-bond acceptors (Lipinski definition) is 3. The van der Waals surface area contributed by atoms with Crippen molar-refractivity contribution in [1.82, 2.24) is 0 Å². The normalized spacial score (nSPS) is 37.3. The van der Waals surface area contributed by atoms with Crippen LogP contribution in [-0.2, 0) is 0 Å². The second kappa shape index (κ2) is 9.42. The van der Waals surface area contributed by atoms with Crippen LogP contribution >= 0.6 is 0 Å². The molecule has 3 aliphatic rings. The summed E-state index contributed by atoms with van der Waals surface area (Å²) in [6.45, 7) is 8.56. The molecular weight excluding hydrogens is 379 g/mol. The molecular formula is C26H43FO3. The van der Waals surface area contributed by atoms with E-state index >= 15 is 4.39 Å². The number of hydrogen-bond donors (Lipinski definition) is 3. The smallest absolute Gasteiger partial charge is 0.122 e. The van der Waals surface area contributed by atoms with Crippen LogP contribution in [0.1, 0.15) is 98.3 Å². The fourth-order valence-electron chi connectivity index (χ4n) is 6.84. The summed E-state index contributed by atoms with van der Waals surface area (Å²) in [7, 11) is 0. The van der Waals surface area contributed by atoms with Gasteiger partial charge in [0.05, 0.1) is 17.8 Å². The predicted octanol–water partition coefficient (Wildman–Crippen LogP) is 5.84. The molecule has 0 bridgehead atoms. The highest BCUT2D eigenvalue weighted by Crippen LogP contribution is 2.60. The van der Waals surface area contributed by atoms with Crippen molar-refractivity contribution in [2.24, 2.45) is 23.2 Å². The molecule has 4 heteroatoms. The average molecular weight is 423 g/mol. The lowest BCUT2D eigenvalue weighted by molar-refractivity contribution is 0.0585. The summed E-state index contributed by atoms with van der Waals surface area (Å²) in [6.07, 6.45) is 10.2. The summed E-state index contributed by atoms with van der Waals surface area (Å²) in [6, 6.07) is 0. The van der Waals surface area contributed by atoms with E-state index in [4.69, 9.17) is 0 Å². The van der Waals surface area contributed by atoms with E-state index in [1.807, 2.05) is 13.8 Å². The second-order valence-corrected chi connectivity index (χ2v) is 11.4. The number of halogens is 1. The van der Waals surface area contributed by atoms with Crippen LogP contribution in [-0.4, -0.2) is 33.1 Å². The summed E-state index contributed by atoms with van der Waals surface area (Å²) in [5.74, 6) is 1.50. The van der Waals surface area contributed by atoms with E-state index in [-0.39, 0.29) is 11.2 Å². The first-order chi connectivity index (χ1) is 14.0. The first-order valence-electron chi connectivity index (χ1n) is 12.2. The van der Waals surface area contributed by atoms with E-state index in [2.05, 4.69) is 13.8 Å². The van der Waals surface area contributed by atoms with E-state index < -0.39 is 17.8 Å². The van der Waals surface area contributed by atoms with Crippen molar-refractivity contribution in [3.63, 3.8) is 0 Å². The van der Waals surface area contributed by atoms with E-state index in [1.165, 1.54) is 18.4 Å². The lowest BCUT2D eigenvalue weighted by Gasteiger charge is -2.44. The van der Waals surface area contributed by atoms with Gasteiger partial charge in [0.15, 0.2) is 0 Å². The molecule has 172 valence electrons. The van der Waals surface area contributed by atoms with Gasteiger partial charge in [-0.25, -0.2) is 4.39 Å². The van der Waals surface area contributed by atoms with E-state index in [0.717, 1.165) is 38.5 Å². The third-order valence-electron chi connectivity index (χ3n) is 8.33. The van der Waals surface area contributed by atoms with Crippen LogP contribution in [0.5, 0.6) is 0 Å². The van der Waals surface area contributed by atoms with Gasteiger partial charge >= 0.3 is 0 Å². The topological polar surface area (TPSA) is 60.7 Å².